The van der Waals surface area contributed by atoms with E-state index < -0.39 is 24.5 Å². The minimum atomic E-state index is -0.689. The fraction of sp³-hybridized carbons (Fsp3) is 0.200. The van der Waals surface area contributed by atoms with Crippen molar-refractivity contribution in [2.24, 2.45) is 0 Å². The topological polar surface area (TPSA) is 71.6 Å². The predicted octanol–water partition coefficient (Wildman–Crippen LogP) is 4.96. The molecule has 0 saturated carbocycles. The van der Waals surface area contributed by atoms with Crippen LogP contribution in [0.1, 0.15) is 23.5 Å². The first-order valence-electron chi connectivity index (χ1n) is 10.4. The molecule has 1 heterocycles. The number of hydrogen-bond donors (Lipinski definition) is 0. The highest BCUT2D eigenvalue weighted by molar-refractivity contribution is 5.78. The molecule has 3 aromatic carbocycles. The summed E-state index contributed by atoms with van der Waals surface area (Å²) in [7, 11) is 4.17. The van der Waals surface area contributed by atoms with Crippen LogP contribution in [-0.4, -0.2) is 43.5 Å². The van der Waals surface area contributed by atoms with E-state index in [1.807, 2.05) is 89.8 Å². The van der Waals surface area contributed by atoms with Crippen LogP contribution in [0.25, 0.3) is 0 Å². The molecule has 1 aliphatic rings. The third kappa shape index (κ3) is 4.03. The molecule has 3 aromatic rings. The lowest BCUT2D eigenvalue weighted by Gasteiger charge is -2.31. The number of carbonyl (C=O) groups excluding carboxylic acids is 2. The maximum Gasteiger partial charge on any atom is 0.431 e. The van der Waals surface area contributed by atoms with Gasteiger partial charge in [0.2, 0.25) is 0 Å². The minimum Gasteiger partial charge on any atom is -0.497 e. The number of ether oxygens (including phenoxy) is 3. The second kappa shape index (κ2) is 9.52. The van der Waals surface area contributed by atoms with Crippen molar-refractivity contribution < 1.29 is 23.8 Å². The van der Waals surface area contributed by atoms with Crippen LogP contribution in [0.5, 0.6) is 5.75 Å². The number of carbonyl (C=O) groups is 2. The molecule has 0 bridgehead atoms. The van der Waals surface area contributed by atoms with E-state index >= 15 is 0 Å². The normalized spacial score (nSPS) is 17.6. The molecule has 0 spiro atoms. The van der Waals surface area contributed by atoms with Gasteiger partial charge in [0.05, 0.1) is 21.3 Å². The summed E-state index contributed by atoms with van der Waals surface area (Å²) in [6.07, 6.45) is -2.75. The Morgan fingerprint density at radius 3 is 1.42 bits per heavy atom. The Balaban J connectivity index is 1.98. The van der Waals surface area contributed by atoms with Crippen LogP contribution >= 0.6 is 0 Å². The maximum absolute atomic E-state index is 13.1. The van der Waals surface area contributed by atoms with Gasteiger partial charge in [-0.1, -0.05) is 60.7 Å². The molecular formula is C25H25N3O5. The van der Waals surface area contributed by atoms with Crippen LogP contribution < -0.4 is 9.64 Å². The molecule has 0 aliphatic carbocycles. The van der Waals surface area contributed by atoms with Gasteiger partial charge < -0.3 is 19.1 Å². The quantitative estimate of drug-likeness (QED) is 0.563. The van der Waals surface area contributed by atoms with Crippen LogP contribution in [0.4, 0.5) is 15.3 Å². The van der Waals surface area contributed by atoms with E-state index in [2.05, 4.69) is 0 Å². The van der Waals surface area contributed by atoms with Gasteiger partial charge in [0.25, 0.3) is 0 Å². The number of anilines is 1. The third-order valence-corrected chi connectivity index (χ3v) is 5.51. The lowest BCUT2D eigenvalue weighted by molar-refractivity contribution is -0.0129. The van der Waals surface area contributed by atoms with E-state index in [9.17, 15) is 9.59 Å². The molecule has 1 fully saturated rings. The van der Waals surface area contributed by atoms with Crippen LogP contribution in [-0.2, 0) is 9.47 Å². The maximum atomic E-state index is 13.1. The Morgan fingerprint density at radius 1 is 0.636 bits per heavy atom. The highest BCUT2D eigenvalue weighted by atomic mass is 16.6. The standard InChI is InChI=1S/C25H25N3O5/c1-31-21-16-14-20(15-17-21)26-22(18-10-6-4-7-11-18)27(24(29)32-2)28(25(30)33-3)23(26)19-12-8-5-9-13-19/h4-17,22-23H,1-3H3. The largest absolute Gasteiger partial charge is 0.497 e. The monoisotopic (exact) mass is 447 g/mol. The zero-order valence-corrected chi connectivity index (χ0v) is 18.6. The molecule has 33 heavy (non-hydrogen) atoms. The summed E-state index contributed by atoms with van der Waals surface area (Å²) in [6.45, 7) is 0. The van der Waals surface area contributed by atoms with Gasteiger partial charge in [0.1, 0.15) is 5.75 Å². The van der Waals surface area contributed by atoms with Crippen molar-refractivity contribution >= 4 is 17.9 Å². The molecule has 0 aromatic heterocycles. The fourth-order valence-corrected chi connectivity index (χ4v) is 4.06. The molecule has 170 valence electrons. The van der Waals surface area contributed by atoms with Crippen LogP contribution in [0.3, 0.4) is 0 Å². The van der Waals surface area contributed by atoms with E-state index in [0.717, 1.165) is 16.8 Å². The average molecular weight is 447 g/mol. The van der Waals surface area contributed by atoms with E-state index in [-0.39, 0.29) is 0 Å². The SMILES string of the molecule is COC(=O)N1C(c2ccccc2)N(c2ccc(OC)cc2)C(c2ccccc2)N1C(=O)OC. The van der Waals surface area contributed by atoms with Gasteiger partial charge in [-0.3, -0.25) is 0 Å². The molecule has 1 aliphatic heterocycles. The lowest BCUT2D eigenvalue weighted by Crippen LogP contribution is -2.46. The average Bonchev–Trinajstić information content (AvgIpc) is 3.25. The van der Waals surface area contributed by atoms with Crippen molar-refractivity contribution in [1.29, 1.82) is 0 Å². The van der Waals surface area contributed by atoms with Crippen molar-refractivity contribution in [2.75, 3.05) is 26.2 Å². The first kappa shape index (κ1) is 22.0. The highest BCUT2D eigenvalue weighted by Gasteiger charge is 2.53. The second-order valence-electron chi connectivity index (χ2n) is 7.30. The van der Waals surface area contributed by atoms with Crippen molar-refractivity contribution in [2.45, 2.75) is 12.3 Å². The number of amides is 2. The van der Waals surface area contributed by atoms with Crippen LogP contribution in [0.15, 0.2) is 84.9 Å². The molecule has 1 saturated heterocycles. The van der Waals surface area contributed by atoms with Crippen molar-refractivity contribution in [3.63, 3.8) is 0 Å². The zero-order valence-electron chi connectivity index (χ0n) is 18.6. The first-order chi connectivity index (χ1) is 16.1. The van der Waals surface area contributed by atoms with E-state index in [0.29, 0.717) is 5.75 Å². The summed E-state index contributed by atoms with van der Waals surface area (Å²) in [5, 5.41) is 2.59. The van der Waals surface area contributed by atoms with E-state index in [1.165, 1.54) is 24.2 Å². The third-order valence-electron chi connectivity index (χ3n) is 5.51. The molecule has 2 atom stereocenters. The first-order valence-corrected chi connectivity index (χ1v) is 10.4. The van der Waals surface area contributed by atoms with Gasteiger partial charge in [0, 0.05) is 5.69 Å². The molecule has 0 N–H and O–H groups in total. The Labute approximate surface area is 192 Å². The summed E-state index contributed by atoms with van der Waals surface area (Å²) in [5.41, 5.74) is 2.37. The molecule has 2 amide bonds. The molecule has 2 unspecified atom stereocenters. The van der Waals surface area contributed by atoms with Crippen molar-refractivity contribution in [1.82, 2.24) is 10.0 Å². The Bertz CT molecular complexity index is 1030. The molecule has 8 heteroatoms. The number of methoxy groups -OCH3 is 3. The highest BCUT2D eigenvalue weighted by Crippen LogP contribution is 2.47. The lowest BCUT2D eigenvalue weighted by atomic mass is 10.1. The van der Waals surface area contributed by atoms with Crippen LogP contribution in [0.2, 0.25) is 0 Å². The number of nitrogens with zero attached hydrogens (tertiary/aromatic N) is 3. The van der Waals surface area contributed by atoms with Crippen molar-refractivity contribution in [3.05, 3.63) is 96.1 Å². The minimum absolute atomic E-state index is 0.684. The Hall–Kier alpha value is -4.20. The van der Waals surface area contributed by atoms with Gasteiger partial charge in [-0.15, -0.1) is 0 Å². The number of rotatable bonds is 4. The second-order valence-corrected chi connectivity index (χ2v) is 7.30. The van der Waals surface area contributed by atoms with Gasteiger partial charge in [-0.2, -0.15) is 10.0 Å². The summed E-state index contributed by atoms with van der Waals surface area (Å²) in [5.74, 6) is 0.695. The Morgan fingerprint density at radius 2 is 1.06 bits per heavy atom. The molecule has 0 radical (unpaired) electrons. The van der Waals surface area contributed by atoms with Crippen molar-refractivity contribution in [3.8, 4) is 5.75 Å². The Kier molecular flexibility index (Phi) is 6.35. The number of benzene rings is 3. The summed E-state index contributed by atoms with van der Waals surface area (Å²) in [4.78, 5) is 28.2. The van der Waals surface area contributed by atoms with E-state index in [1.54, 1.807) is 7.11 Å². The summed E-state index contributed by atoms with van der Waals surface area (Å²) < 4.78 is 15.5. The number of hydrazine groups is 1. The number of hydrogen-bond acceptors (Lipinski definition) is 6. The van der Waals surface area contributed by atoms with Gasteiger partial charge in [-0.25, -0.2) is 9.59 Å². The van der Waals surface area contributed by atoms with Crippen LogP contribution in [0, 0.1) is 0 Å². The summed E-state index contributed by atoms with van der Waals surface area (Å²) in [6, 6.07) is 26.4. The van der Waals surface area contributed by atoms with Gasteiger partial charge in [0.15, 0.2) is 12.3 Å². The van der Waals surface area contributed by atoms with Gasteiger partial charge >= 0.3 is 12.2 Å². The fourth-order valence-electron chi connectivity index (χ4n) is 4.06. The molecule has 4 rings (SSSR count). The van der Waals surface area contributed by atoms with Gasteiger partial charge in [-0.05, 0) is 35.4 Å². The van der Waals surface area contributed by atoms with E-state index in [4.69, 9.17) is 14.2 Å². The smallest absolute Gasteiger partial charge is 0.431 e. The zero-order chi connectivity index (χ0) is 23.4. The molecular weight excluding hydrogens is 422 g/mol. The molecule has 8 nitrogen and oxygen atoms in total. The predicted molar refractivity (Wildman–Crippen MR) is 122 cm³/mol. The summed E-state index contributed by atoms with van der Waals surface area (Å²) >= 11 is 0.